The van der Waals surface area contributed by atoms with Crippen molar-refractivity contribution >= 4 is 8.32 Å². The minimum atomic E-state index is -2.36. The van der Waals surface area contributed by atoms with Crippen LogP contribution >= 0.6 is 0 Å². The summed E-state index contributed by atoms with van der Waals surface area (Å²) < 4.78 is 5.66. The van der Waals surface area contributed by atoms with Gasteiger partial charge in [-0.25, -0.2) is 0 Å². The quantitative estimate of drug-likeness (QED) is 0.648. The molecule has 0 bridgehead atoms. The normalized spacial score (nSPS) is 14.8. The van der Waals surface area contributed by atoms with E-state index in [1.165, 1.54) is 0 Å². The van der Waals surface area contributed by atoms with E-state index in [9.17, 15) is 4.80 Å². The van der Waals surface area contributed by atoms with E-state index in [2.05, 4.69) is 0 Å². The summed E-state index contributed by atoms with van der Waals surface area (Å²) >= 11 is 0. The summed E-state index contributed by atoms with van der Waals surface area (Å²) in [5.41, 5.74) is -0.142. The Labute approximate surface area is 83.4 Å². The molecular weight excluding hydrogens is 180 g/mol. The second-order valence-electron chi connectivity index (χ2n) is 5.80. The van der Waals surface area contributed by atoms with Crippen LogP contribution < -0.4 is 0 Å². The summed E-state index contributed by atoms with van der Waals surface area (Å²) in [7, 11) is -2.36. The average Bonchev–Trinajstić information content (AvgIpc) is 1.79. The molecule has 0 fully saturated rings. The third kappa shape index (κ3) is 4.79. The van der Waals surface area contributed by atoms with Gasteiger partial charge in [0.25, 0.3) is 0 Å². The van der Waals surface area contributed by atoms with E-state index in [1.807, 2.05) is 47.7 Å². The molecular formula is C10H23O2Si. The molecule has 0 aliphatic heterocycles. The van der Waals surface area contributed by atoms with Gasteiger partial charge in [0.1, 0.15) is 0 Å². The first-order valence-electron chi connectivity index (χ1n) is 4.80. The smallest absolute Gasteiger partial charge is 0.239 e. The molecule has 0 amide bonds. The van der Waals surface area contributed by atoms with Crippen LogP contribution in [-0.2, 0) is 9.53 Å². The second-order valence-corrected chi connectivity index (χ2v) is 10.2. The molecule has 13 heavy (non-hydrogen) atoms. The minimum Gasteiger partial charge on any atom is -0.376 e. The zero-order chi connectivity index (χ0) is 10.9. The number of rotatable bonds is 3. The molecule has 1 radical (unpaired) electrons. The van der Waals surface area contributed by atoms with Crippen molar-refractivity contribution in [2.45, 2.75) is 58.4 Å². The highest BCUT2D eigenvalue weighted by Crippen LogP contribution is 2.36. The van der Waals surface area contributed by atoms with Crippen molar-refractivity contribution in [3.63, 3.8) is 0 Å². The molecule has 3 heteroatoms. The van der Waals surface area contributed by atoms with Crippen molar-refractivity contribution in [1.29, 1.82) is 0 Å². The highest BCUT2D eigenvalue weighted by atomic mass is 28.4. The van der Waals surface area contributed by atoms with Crippen molar-refractivity contribution < 1.29 is 9.53 Å². The number of hydrogen-bond donors (Lipinski definition) is 0. The van der Waals surface area contributed by atoms with Gasteiger partial charge in [-0.2, -0.15) is 0 Å². The lowest BCUT2D eigenvalue weighted by molar-refractivity contribution is -0.0173. The Hall–Kier alpha value is 0.137. The Morgan fingerprint density at radius 2 is 1.46 bits per heavy atom. The van der Waals surface area contributed by atoms with Gasteiger partial charge in [-0.15, -0.1) is 0 Å². The molecule has 0 aliphatic rings. The van der Waals surface area contributed by atoms with Gasteiger partial charge < -0.3 is 4.74 Å². The predicted octanol–water partition coefficient (Wildman–Crippen LogP) is 3.22. The molecule has 0 heterocycles. The molecule has 0 spiro atoms. The van der Waals surface area contributed by atoms with Crippen LogP contribution in [0.15, 0.2) is 0 Å². The maximum atomic E-state index is 11.9. The lowest BCUT2D eigenvalue weighted by atomic mass is 10.1. The van der Waals surface area contributed by atoms with Crippen molar-refractivity contribution in [3.05, 3.63) is 0 Å². The van der Waals surface area contributed by atoms with Crippen molar-refractivity contribution in [2.75, 3.05) is 6.61 Å². The van der Waals surface area contributed by atoms with Crippen LogP contribution in [0.3, 0.4) is 0 Å². The summed E-state index contributed by atoms with van der Waals surface area (Å²) in [5, 5.41) is -0.194. The van der Waals surface area contributed by atoms with E-state index in [4.69, 9.17) is 4.74 Å². The SMILES string of the molecule is CC(C)(C)OCC(C)(C)[Si](C)(C)[O]. The number of ether oxygens (including phenoxy) is 1. The van der Waals surface area contributed by atoms with E-state index in [0.717, 1.165) is 0 Å². The topological polar surface area (TPSA) is 29.1 Å². The molecule has 0 aromatic heterocycles. The third-order valence-corrected chi connectivity index (χ3v) is 5.90. The molecule has 0 rings (SSSR count). The van der Waals surface area contributed by atoms with Crippen molar-refractivity contribution in [2.24, 2.45) is 0 Å². The molecule has 0 aromatic rings. The van der Waals surface area contributed by atoms with Gasteiger partial charge in [-0.05, 0) is 33.9 Å². The Balaban J connectivity index is 4.21. The Bertz CT molecular complexity index is 163. The van der Waals surface area contributed by atoms with Gasteiger partial charge in [0.15, 0.2) is 0 Å². The standard InChI is InChI=1S/C10H23O2Si/c1-9(2,3)12-8-10(4,5)13(6,7)11/h8H2,1-7H3. The molecule has 0 atom stereocenters. The summed E-state index contributed by atoms with van der Waals surface area (Å²) in [6.07, 6.45) is 0. The molecule has 0 N–H and O–H groups in total. The van der Waals surface area contributed by atoms with Crippen LogP contribution in [0.5, 0.6) is 0 Å². The van der Waals surface area contributed by atoms with Crippen molar-refractivity contribution in [1.82, 2.24) is 0 Å². The molecule has 2 nitrogen and oxygen atoms in total. The maximum absolute atomic E-state index is 11.9. The van der Waals surface area contributed by atoms with Gasteiger partial charge in [0.2, 0.25) is 8.32 Å². The highest BCUT2D eigenvalue weighted by molar-refractivity contribution is 6.72. The zero-order valence-electron chi connectivity index (χ0n) is 10.0. The van der Waals surface area contributed by atoms with Gasteiger partial charge in [-0.1, -0.05) is 13.8 Å². The molecule has 79 valence electrons. The summed E-state index contributed by atoms with van der Waals surface area (Å²) in [6, 6.07) is 0. The van der Waals surface area contributed by atoms with Gasteiger partial charge >= 0.3 is 0 Å². The monoisotopic (exact) mass is 203 g/mol. The molecule has 0 aliphatic carbocycles. The average molecular weight is 203 g/mol. The zero-order valence-corrected chi connectivity index (χ0v) is 11.0. The largest absolute Gasteiger partial charge is 0.376 e. The van der Waals surface area contributed by atoms with E-state index in [1.54, 1.807) is 0 Å². The highest BCUT2D eigenvalue weighted by Gasteiger charge is 2.41. The summed E-state index contributed by atoms with van der Waals surface area (Å²) in [5.74, 6) is 0. The third-order valence-electron chi connectivity index (χ3n) is 2.50. The first-order valence-corrected chi connectivity index (χ1v) is 7.71. The second kappa shape index (κ2) is 3.71. The molecule has 0 unspecified atom stereocenters. The Morgan fingerprint density at radius 3 is 1.69 bits per heavy atom. The minimum absolute atomic E-state index is 0.142. The van der Waals surface area contributed by atoms with E-state index in [-0.39, 0.29) is 10.6 Å². The summed E-state index contributed by atoms with van der Waals surface area (Å²) in [6.45, 7) is 14.3. The fraction of sp³-hybridized carbons (Fsp3) is 1.00. The van der Waals surface area contributed by atoms with Crippen LogP contribution in [0.2, 0.25) is 18.1 Å². The van der Waals surface area contributed by atoms with Crippen LogP contribution in [0.1, 0.15) is 34.6 Å². The first kappa shape index (κ1) is 13.1. The van der Waals surface area contributed by atoms with Crippen LogP contribution in [-0.4, -0.2) is 20.5 Å². The van der Waals surface area contributed by atoms with Gasteiger partial charge in [0, 0.05) is 5.04 Å². The maximum Gasteiger partial charge on any atom is 0.239 e. The predicted molar refractivity (Wildman–Crippen MR) is 57.9 cm³/mol. The van der Waals surface area contributed by atoms with Crippen LogP contribution in [0, 0.1) is 0 Å². The van der Waals surface area contributed by atoms with Crippen molar-refractivity contribution in [3.8, 4) is 0 Å². The summed E-state index contributed by atoms with van der Waals surface area (Å²) in [4.78, 5) is 11.9. The molecule has 0 saturated heterocycles. The lowest BCUT2D eigenvalue weighted by Gasteiger charge is -2.35. The van der Waals surface area contributed by atoms with Gasteiger partial charge in [0.05, 0.1) is 12.2 Å². The Morgan fingerprint density at radius 1 is 1.08 bits per heavy atom. The first-order chi connectivity index (χ1) is 5.46. The van der Waals surface area contributed by atoms with E-state index >= 15 is 0 Å². The van der Waals surface area contributed by atoms with E-state index in [0.29, 0.717) is 6.61 Å². The van der Waals surface area contributed by atoms with E-state index < -0.39 is 8.32 Å². The van der Waals surface area contributed by atoms with Gasteiger partial charge in [-0.3, -0.25) is 4.80 Å². The number of hydrogen-bond acceptors (Lipinski definition) is 1. The molecule has 0 saturated carbocycles. The fourth-order valence-corrected chi connectivity index (χ4v) is 0.990. The lowest BCUT2D eigenvalue weighted by Crippen LogP contribution is -2.42. The Kier molecular flexibility index (Phi) is 3.75. The molecule has 0 aromatic carbocycles. The van der Waals surface area contributed by atoms with Crippen LogP contribution in [0.25, 0.3) is 0 Å². The fourth-order valence-electron chi connectivity index (χ4n) is 0.571. The van der Waals surface area contributed by atoms with Crippen LogP contribution in [0.4, 0.5) is 0 Å².